The molecule has 0 spiro atoms. The number of benzene rings is 1. The first kappa shape index (κ1) is 11.5. The van der Waals surface area contributed by atoms with Gasteiger partial charge in [0, 0.05) is 18.1 Å². The molecule has 0 fully saturated rings. The second-order valence-corrected chi connectivity index (χ2v) is 4.21. The SMILES string of the molecule is CC1C=Nc2cc(Nc3ccnc(N)n3)ccc2O1. The second-order valence-electron chi connectivity index (χ2n) is 4.21. The molecule has 19 heavy (non-hydrogen) atoms. The van der Waals surface area contributed by atoms with Crippen LogP contribution in [0.5, 0.6) is 5.75 Å². The predicted molar refractivity (Wildman–Crippen MR) is 74.4 cm³/mol. The van der Waals surface area contributed by atoms with Crippen LogP contribution in [0.25, 0.3) is 0 Å². The lowest BCUT2D eigenvalue weighted by Crippen LogP contribution is -2.15. The van der Waals surface area contributed by atoms with Gasteiger partial charge in [-0.1, -0.05) is 0 Å². The Morgan fingerprint density at radius 1 is 1.32 bits per heavy atom. The molecule has 96 valence electrons. The number of nitrogens with two attached hydrogens (primary N) is 1. The summed E-state index contributed by atoms with van der Waals surface area (Å²) in [5, 5.41) is 3.15. The molecule has 2 aromatic rings. The molecule has 1 aliphatic rings. The van der Waals surface area contributed by atoms with E-state index in [2.05, 4.69) is 20.3 Å². The van der Waals surface area contributed by atoms with Gasteiger partial charge < -0.3 is 15.8 Å². The Labute approximate surface area is 110 Å². The van der Waals surface area contributed by atoms with Gasteiger partial charge in [-0.05, 0) is 31.2 Å². The summed E-state index contributed by atoms with van der Waals surface area (Å²) < 4.78 is 5.63. The number of hydrogen-bond donors (Lipinski definition) is 2. The van der Waals surface area contributed by atoms with E-state index in [-0.39, 0.29) is 12.1 Å². The number of nitrogen functional groups attached to an aromatic ring is 1. The van der Waals surface area contributed by atoms with E-state index in [1.165, 1.54) is 0 Å². The van der Waals surface area contributed by atoms with Gasteiger partial charge in [-0.2, -0.15) is 4.98 Å². The molecule has 1 aromatic heterocycles. The summed E-state index contributed by atoms with van der Waals surface area (Å²) >= 11 is 0. The van der Waals surface area contributed by atoms with Gasteiger partial charge in [0.1, 0.15) is 23.4 Å². The number of ether oxygens (including phenoxy) is 1. The molecule has 3 N–H and O–H groups in total. The third-order valence-electron chi connectivity index (χ3n) is 2.64. The normalized spacial score (nSPS) is 16.6. The molecule has 0 bridgehead atoms. The third kappa shape index (κ3) is 2.47. The van der Waals surface area contributed by atoms with E-state index in [9.17, 15) is 0 Å². The number of hydrogen-bond acceptors (Lipinski definition) is 6. The fraction of sp³-hybridized carbons (Fsp3) is 0.154. The Morgan fingerprint density at radius 3 is 3.05 bits per heavy atom. The van der Waals surface area contributed by atoms with Crippen molar-refractivity contribution in [2.45, 2.75) is 13.0 Å². The van der Waals surface area contributed by atoms with Crippen LogP contribution in [0.4, 0.5) is 23.1 Å². The molecule has 1 atom stereocenters. The van der Waals surface area contributed by atoms with Crippen LogP contribution in [0.15, 0.2) is 35.5 Å². The summed E-state index contributed by atoms with van der Waals surface area (Å²) in [6.07, 6.45) is 3.38. The third-order valence-corrected chi connectivity index (χ3v) is 2.64. The van der Waals surface area contributed by atoms with Gasteiger partial charge in [-0.25, -0.2) is 4.98 Å². The van der Waals surface area contributed by atoms with Crippen LogP contribution in [0.2, 0.25) is 0 Å². The molecule has 0 amide bonds. The van der Waals surface area contributed by atoms with Crippen LogP contribution in [0.3, 0.4) is 0 Å². The van der Waals surface area contributed by atoms with E-state index < -0.39 is 0 Å². The van der Waals surface area contributed by atoms with Crippen molar-refractivity contribution in [1.82, 2.24) is 9.97 Å². The maximum Gasteiger partial charge on any atom is 0.221 e. The van der Waals surface area contributed by atoms with Gasteiger partial charge in [-0.3, -0.25) is 4.99 Å². The average molecular weight is 255 g/mol. The van der Waals surface area contributed by atoms with Crippen LogP contribution in [-0.4, -0.2) is 22.3 Å². The summed E-state index contributed by atoms with van der Waals surface area (Å²) in [5.41, 5.74) is 7.20. The highest BCUT2D eigenvalue weighted by Gasteiger charge is 2.12. The molecule has 1 unspecified atom stereocenters. The van der Waals surface area contributed by atoms with E-state index in [4.69, 9.17) is 10.5 Å². The standard InChI is InChI=1S/C13H13N5O/c1-8-7-16-10-6-9(2-3-11(10)19-8)17-12-4-5-15-13(14)18-12/h2-8H,1H3,(H3,14,15,17,18). The molecule has 0 saturated heterocycles. The van der Waals surface area contributed by atoms with Crippen molar-refractivity contribution in [3.63, 3.8) is 0 Å². The zero-order chi connectivity index (χ0) is 13.2. The number of anilines is 3. The largest absolute Gasteiger partial charge is 0.483 e. The lowest BCUT2D eigenvalue weighted by Gasteiger charge is -2.18. The summed E-state index contributed by atoms with van der Waals surface area (Å²) in [5.74, 6) is 1.66. The van der Waals surface area contributed by atoms with E-state index in [0.717, 1.165) is 17.1 Å². The molecule has 6 nitrogen and oxygen atoms in total. The van der Waals surface area contributed by atoms with E-state index >= 15 is 0 Å². The molecular weight excluding hydrogens is 242 g/mol. The molecule has 6 heteroatoms. The van der Waals surface area contributed by atoms with Crippen molar-refractivity contribution < 1.29 is 4.74 Å². The van der Waals surface area contributed by atoms with Gasteiger partial charge in [0.15, 0.2) is 0 Å². The number of rotatable bonds is 2. The van der Waals surface area contributed by atoms with E-state index in [1.807, 2.05) is 25.1 Å². The van der Waals surface area contributed by atoms with Crippen LogP contribution >= 0.6 is 0 Å². The minimum absolute atomic E-state index is 0.00738. The molecule has 0 saturated carbocycles. The Hall–Kier alpha value is -2.63. The fourth-order valence-electron chi connectivity index (χ4n) is 1.80. The van der Waals surface area contributed by atoms with Crippen molar-refractivity contribution in [2.24, 2.45) is 4.99 Å². The minimum atomic E-state index is 0.00738. The van der Waals surface area contributed by atoms with E-state index in [0.29, 0.717) is 5.82 Å². The van der Waals surface area contributed by atoms with Gasteiger partial charge in [-0.15, -0.1) is 0 Å². The highest BCUT2D eigenvalue weighted by Crippen LogP contribution is 2.34. The monoisotopic (exact) mass is 255 g/mol. The smallest absolute Gasteiger partial charge is 0.221 e. The van der Waals surface area contributed by atoms with Crippen molar-refractivity contribution in [1.29, 1.82) is 0 Å². The summed E-state index contributed by atoms with van der Waals surface area (Å²) in [6, 6.07) is 7.44. The molecular formula is C13H13N5O. The van der Waals surface area contributed by atoms with Crippen molar-refractivity contribution >= 4 is 29.4 Å². The number of nitrogens with one attached hydrogen (secondary N) is 1. The molecule has 1 aliphatic heterocycles. The Balaban J connectivity index is 1.86. The zero-order valence-corrected chi connectivity index (χ0v) is 10.4. The first-order valence-electron chi connectivity index (χ1n) is 5.91. The summed E-state index contributed by atoms with van der Waals surface area (Å²) in [7, 11) is 0. The van der Waals surface area contributed by atoms with E-state index in [1.54, 1.807) is 18.5 Å². The minimum Gasteiger partial charge on any atom is -0.483 e. The summed E-state index contributed by atoms with van der Waals surface area (Å²) in [4.78, 5) is 12.3. The Morgan fingerprint density at radius 2 is 2.21 bits per heavy atom. The molecule has 2 heterocycles. The lowest BCUT2D eigenvalue weighted by atomic mass is 10.2. The number of aromatic nitrogens is 2. The molecule has 0 aliphatic carbocycles. The van der Waals surface area contributed by atoms with Crippen LogP contribution in [0, 0.1) is 0 Å². The first-order chi connectivity index (χ1) is 9.20. The van der Waals surface area contributed by atoms with Crippen LogP contribution < -0.4 is 15.8 Å². The Kier molecular flexibility index (Phi) is 2.75. The van der Waals surface area contributed by atoms with Gasteiger partial charge in [0.2, 0.25) is 5.95 Å². The van der Waals surface area contributed by atoms with Crippen molar-refractivity contribution in [2.75, 3.05) is 11.1 Å². The second kappa shape index (κ2) is 4.56. The molecule has 1 aromatic carbocycles. The predicted octanol–water partition coefficient (Wildman–Crippen LogP) is 2.29. The number of aliphatic imine (C=N–C) groups is 1. The topological polar surface area (TPSA) is 85.4 Å². The zero-order valence-electron chi connectivity index (χ0n) is 10.4. The quantitative estimate of drug-likeness (QED) is 0.859. The molecule has 0 radical (unpaired) electrons. The van der Waals surface area contributed by atoms with Crippen molar-refractivity contribution in [3.05, 3.63) is 30.5 Å². The van der Waals surface area contributed by atoms with Gasteiger partial charge >= 0.3 is 0 Å². The maximum absolute atomic E-state index is 5.63. The Bertz CT molecular complexity index is 641. The number of nitrogens with zero attached hydrogens (tertiary/aromatic N) is 3. The lowest BCUT2D eigenvalue weighted by molar-refractivity contribution is 0.288. The fourth-order valence-corrected chi connectivity index (χ4v) is 1.80. The van der Waals surface area contributed by atoms with Gasteiger partial charge in [0.25, 0.3) is 0 Å². The number of fused-ring (bicyclic) bond motifs is 1. The summed E-state index contributed by atoms with van der Waals surface area (Å²) in [6.45, 7) is 1.95. The molecule has 3 rings (SSSR count). The van der Waals surface area contributed by atoms with Crippen molar-refractivity contribution in [3.8, 4) is 5.75 Å². The highest BCUT2D eigenvalue weighted by atomic mass is 16.5. The van der Waals surface area contributed by atoms with Crippen LogP contribution in [0.1, 0.15) is 6.92 Å². The maximum atomic E-state index is 5.63. The highest BCUT2D eigenvalue weighted by molar-refractivity contribution is 5.76. The van der Waals surface area contributed by atoms with Gasteiger partial charge in [0.05, 0.1) is 0 Å². The van der Waals surface area contributed by atoms with Crippen LogP contribution in [-0.2, 0) is 0 Å². The first-order valence-corrected chi connectivity index (χ1v) is 5.91. The average Bonchev–Trinajstić information content (AvgIpc) is 2.39.